The van der Waals surface area contributed by atoms with E-state index in [1.54, 1.807) is 0 Å². The average Bonchev–Trinajstić information content (AvgIpc) is 3.04. The van der Waals surface area contributed by atoms with Crippen molar-refractivity contribution in [2.75, 3.05) is 20.6 Å². The first-order valence-corrected chi connectivity index (χ1v) is 9.80. The summed E-state index contributed by atoms with van der Waals surface area (Å²) in [5, 5.41) is 0.703. The second-order valence-electron chi connectivity index (χ2n) is 7.58. The largest absolute Gasteiger partial charge is 0.486 e. The van der Waals surface area contributed by atoms with Gasteiger partial charge in [-0.1, -0.05) is 24.6 Å². The number of aromatic nitrogens is 2. The monoisotopic (exact) mass is 385 g/mol. The van der Waals surface area contributed by atoms with Crippen LogP contribution in [0.4, 0.5) is 0 Å². The average molecular weight is 386 g/mol. The zero-order valence-corrected chi connectivity index (χ0v) is 17.3. The number of H-pyrrole nitrogens is 1. The van der Waals surface area contributed by atoms with Gasteiger partial charge >= 0.3 is 0 Å². The number of imidazole rings is 1. The van der Waals surface area contributed by atoms with Gasteiger partial charge in [-0.2, -0.15) is 0 Å². The molecule has 5 heteroatoms. The minimum atomic E-state index is 0.408. The Hall–Kier alpha value is -2.04. The van der Waals surface area contributed by atoms with Crippen LogP contribution in [0.2, 0.25) is 5.02 Å². The maximum atomic E-state index is 5.91. The van der Waals surface area contributed by atoms with Gasteiger partial charge in [0.05, 0.1) is 11.0 Å². The van der Waals surface area contributed by atoms with E-state index < -0.39 is 0 Å². The molecule has 0 aliphatic carbocycles. The molecule has 1 N–H and O–H groups in total. The highest BCUT2D eigenvalue weighted by atomic mass is 35.5. The van der Waals surface area contributed by atoms with Crippen molar-refractivity contribution >= 4 is 22.6 Å². The summed E-state index contributed by atoms with van der Waals surface area (Å²) in [4.78, 5) is 10.4. The number of halogens is 1. The fourth-order valence-electron chi connectivity index (χ4n) is 3.44. The lowest BCUT2D eigenvalue weighted by Crippen LogP contribution is -2.20. The molecule has 0 amide bonds. The van der Waals surface area contributed by atoms with Gasteiger partial charge in [-0.15, -0.1) is 0 Å². The Labute approximate surface area is 166 Å². The minimum Gasteiger partial charge on any atom is -0.486 e. The maximum Gasteiger partial charge on any atom is 0.146 e. The molecule has 0 saturated heterocycles. The molecule has 3 rings (SSSR count). The SMILES string of the molecule is Cc1c(CCC(C)CN(C)C)ccc2[nH]c(COc3ccc(Cl)cc3)nc12. The number of aryl methyl sites for hydroxylation is 2. The van der Waals surface area contributed by atoms with Crippen LogP contribution in [0.3, 0.4) is 0 Å². The van der Waals surface area contributed by atoms with Crippen LogP contribution in [0, 0.1) is 12.8 Å². The Morgan fingerprint density at radius 1 is 1.15 bits per heavy atom. The number of nitrogens with zero attached hydrogens (tertiary/aromatic N) is 2. The van der Waals surface area contributed by atoms with Crippen LogP contribution in [-0.2, 0) is 13.0 Å². The summed E-state index contributed by atoms with van der Waals surface area (Å²) in [6, 6.07) is 11.7. The molecule has 4 nitrogen and oxygen atoms in total. The van der Waals surface area contributed by atoms with E-state index in [0.717, 1.165) is 35.6 Å². The second-order valence-corrected chi connectivity index (χ2v) is 8.01. The molecule has 0 fully saturated rings. The van der Waals surface area contributed by atoms with E-state index >= 15 is 0 Å². The predicted molar refractivity (Wildman–Crippen MR) is 113 cm³/mol. The van der Waals surface area contributed by atoms with Gasteiger partial charge in [0.25, 0.3) is 0 Å². The molecule has 3 aromatic rings. The number of ether oxygens (including phenoxy) is 1. The fourth-order valence-corrected chi connectivity index (χ4v) is 3.57. The van der Waals surface area contributed by atoms with Crippen LogP contribution in [0.5, 0.6) is 5.75 Å². The highest BCUT2D eigenvalue weighted by molar-refractivity contribution is 6.30. The van der Waals surface area contributed by atoms with Crippen molar-refractivity contribution in [3.05, 3.63) is 58.4 Å². The molecule has 1 aromatic heterocycles. The summed E-state index contributed by atoms with van der Waals surface area (Å²) in [5.41, 5.74) is 4.75. The highest BCUT2D eigenvalue weighted by Gasteiger charge is 2.11. The predicted octanol–water partition coefficient (Wildman–Crippen LogP) is 5.23. The van der Waals surface area contributed by atoms with E-state index in [9.17, 15) is 0 Å². The number of hydrogen-bond acceptors (Lipinski definition) is 3. The summed E-state index contributed by atoms with van der Waals surface area (Å²) >= 11 is 5.91. The molecule has 0 saturated carbocycles. The standard InChI is InChI=1S/C22H28ClN3O/c1-15(13-26(3)4)5-6-17-7-12-20-22(16(17)2)25-21(24-20)14-27-19-10-8-18(23)9-11-19/h7-12,15H,5-6,13-14H2,1-4H3,(H,24,25). The van der Waals surface area contributed by atoms with Gasteiger partial charge in [-0.3, -0.25) is 0 Å². The zero-order valence-electron chi connectivity index (χ0n) is 16.6. The molecule has 0 radical (unpaired) electrons. The van der Waals surface area contributed by atoms with Crippen LogP contribution in [-0.4, -0.2) is 35.5 Å². The molecule has 1 heterocycles. The highest BCUT2D eigenvalue weighted by Crippen LogP contribution is 2.23. The third-order valence-corrected chi connectivity index (χ3v) is 5.09. The van der Waals surface area contributed by atoms with Gasteiger partial charge in [0.1, 0.15) is 18.2 Å². The Morgan fingerprint density at radius 3 is 2.59 bits per heavy atom. The van der Waals surface area contributed by atoms with E-state index in [4.69, 9.17) is 21.3 Å². The summed E-state index contributed by atoms with van der Waals surface area (Å²) in [7, 11) is 4.26. The third kappa shape index (κ3) is 5.24. The molecule has 0 spiro atoms. The lowest BCUT2D eigenvalue weighted by atomic mass is 9.97. The maximum absolute atomic E-state index is 5.91. The van der Waals surface area contributed by atoms with E-state index in [1.165, 1.54) is 17.5 Å². The first kappa shape index (κ1) is 19.7. The lowest BCUT2D eigenvalue weighted by Gasteiger charge is -2.17. The first-order valence-electron chi connectivity index (χ1n) is 9.42. The number of rotatable bonds is 8. The van der Waals surface area contributed by atoms with Crippen molar-refractivity contribution in [1.82, 2.24) is 14.9 Å². The number of benzene rings is 2. The molecule has 27 heavy (non-hydrogen) atoms. The van der Waals surface area contributed by atoms with Crippen LogP contribution in [0.1, 0.15) is 30.3 Å². The van der Waals surface area contributed by atoms with E-state index in [1.807, 2.05) is 24.3 Å². The third-order valence-electron chi connectivity index (χ3n) is 4.84. The van der Waals surface area contributed by atoms with Crippen molar-refractivity contribution < 1.29 is 4.74 Å². The molecular formula is C22H28ClN3O. The Morgan fingerprint density at radius 2 is 1.89 bits per heavy atom. The van der Waals surface area contributed by atoms with Gasteiger partial charge in [-0.05, 0) is 81.2 Å². The Balaban J connectivity index is 1.67. The van der Waals surface area contributed by atoms with Crippen molar-refractivity contribution in [1.29, 1.82) is 0 Å². The number of fused-ring (bicyclic) bond motifs is 1. The summed E-state index contributed by atoms with van der Waals surface area (Å²) in [6.45, 7) is 6.01. The zero-order chi connectivity index (χ0) is 19.4. The van der Waals surface area contributed by atoms with Gasteiger partial charge in [-0.25, -0.2) is 4.98 Å². The molecule has 144 valence electrons. The number of aromatic amines is 1. The Kier molecular flexibility index (Phi) is 6.40. The second kappa shape index (κ2) is 8.77. The van der Waals surface area contributed by atoms with Gasteiger partial charge in [0, 0.05) is 11.6 Å². The molecule has 0 aliphatic heterocycles. The van der Waals surface area contributed by atoms with Gasteiger partial charge in [0.2, 0.25) is 0 Å². The molecule has 0 aliphatic rings. The first-order chi connectivity index (χ1) is 12.9. The number of hydrogen-bond donors (Lipinski definition) is 1. The minimum absolute atomic E-state index is 0.408. The van der Waals surface area contributed by atoms with Gasteiger partial charge < -0.3 is 14.6 Å². The van der Waals surface area contributed by atoms with E-state index in [0.29, 0.717) is 17.5 Å². The summed E-state index contributed by atoms with van der Waals surface area (Å²) < 4.78 is 5.81. The van der Waals surface area contributed by atoms with Crippen molar-refractivity contribution in [2.45, 2.75) is 33.3 Å². The van der Waals surface area contributed by atoms with E-state index in [2.05, 4.69) is 50.0 Å². The van der Waals surface area contributed by atoms with Crippen LogP contribution in [0.25, 0.3) is 11.0 Å². The Bertz CT molecular complexity index is 886. The van der Waals surface area contributed by atoms with Crippen LogP contribution >= 0.6 is 11.6 Å². The van der Waals surface area contributed by atoms with Crippen molar-refractivity contribution in [3.8, 4) is 5.75 Å². The molecule has 1 atom stereocenters. The summed E-state index contributed by atoms with van der Waals surface area (Å²) in [6.07, 6.45) is 2.27. The molecule has 2 aromatic carbocycles. The normalized spacial score (nSPS) is 12.7. The van der Waals surface area contributed by atoms with Gasteiger partial charge in [0.15, 0.2) is 0 Å². The summed E-state index contributed by atoms with van der Waals surface area (Å²) in [5.74, 6) is 2.30. The van der Waals surface area contributed by atoms with Crippen molar-refractivity contribution in [2.24, 2.45) is 5.92 Å². The lowest BCUT2D eigenvalue weighted by molar-refractivity contribution is 0.297. The van der Waals surface area contributed by atoms with Crippen molar-refractivity contribution in [3.63, 3.8) is 0 Å². The van der Waals surface area contributed by atoms with Crippen LogP contribution in [0.15, 0.2) is 36.4 Å². The molecule has 0 bridgehead atoms. The molecular weight excluding hydrogens is 358 g/mol. The topological polar surface area (TPSA) is 41.2 Å². The van der Waals surface area contributed by atoms with E-state index in [-0.39, 0.29) is 0 Å². The van der Waals surface area contributed by atoms with Crippen LogP contribution < -0.4 is 4.74 Å². The number of nitrogens with one attached hydrogen (secondary N) is 1. The molecule has 1 unspecified atom stereocenters. The fraction of sp³-hybridized carbons (Fsp3) is 0.409. The smallest absolute Gasteiger partial charge is 0.146 e. The quantitative estimate of drug-likeness (QED) is 0.576.